The largest absolute Gasteiger partial charge is 0.493 e. The summed E-state index contributed by atoms with van der Waals surface area (Å²) in [5.74, 6) is 0.955. The maximum Gasteiger partial charge on any atom is 0.328 e. The molecule has 1 aliphatic heterocycles. The van der Waals surface area contributed by atoms with Crippen LogP contribution in [0.15, 0.2) is 42.5 Å². The van der Waals surface area contributed by atoms with Gasteiger partial charge in [0, 0.05) is 13.1 Å². The highest BCUT2D eigenvalue weighted by Gasteiger charge is 2.28. The Morgan fingerprint density at radius 3 is 2.28 bits per heavy atom. The molecule has 5 heteroatoms. The van der Waals surface area contributed by atoms with Crippen LogP contribution in [0, 0.1) is 0 Å². The molecule has 132 valence electrons. The molecule has 0 unspecified atom stereocenters. The van der Waals surface area contributed by atoms with Crippen LogP contribution in [0.1, 0.15) is 18.1 Å². The molecule has 25 heavy (non-hydrogen) atoms. The fourth-order valence-electron chi connectivity index (χ4n) is 3.10. The van der Waals surface area contributed by atoms with Crippen LogP contribution in [0.2, 0.25) is 0 Å². The minimum absolute atomic E-state index is 0.317. The average Bonchev–Trinajstić information content (AvgIpc) is 2.67. The van der Waals surface area contributed by atoms with E-state index in [-0.39, 0.29) is 12.0 Å². The zero-order valence-corrected chi connectivity index (χ0v) is 14.8. The molecule has 0 radical (unpaired) electrons. The summed E-state index contributed by atoms with van der Waals surface area (Å²) >= 11 is 0. The van der Waals surface area contributed by atoms with Crippen LogP contribution in [0.3, 0.4) is 0 Å². The van der Waals surface area contributed by atoms with E-state index in [0.29, 0.717) is 17.2 Å². The van der Waals surface area contributed by atoms with Crippen molar-refractivity contribution in [3.05, 3.63) is 53.6 Å². The minimum Gasteiger partial charge on any atom is -0.493 e. The van der Waals surface area contributed by atoms with Crippen molar-refractivity contribution < 1.29 is 19.0 Å². The van der Waals surface area contributed by atoms with Gasteiger partial charge in [0.2, 0.25) is 5.75 Å². The Morgan fingerprint density at radius 1 is 1.00 bits per heavy atom. The summed E-state index contributed by atoms with van der Waals surface area (Å²) in [6, 6.07) is 13.3. The second-order valence-electron chi connectivity index (χ2n) is 6.08. The molecule has 0 spiro atoms. The number of carbonyl (C=O) groups excluding carboxylic acids is 1. The van der Waals surface area contributed by atoms with Gasteiger partial charge >= 0.3 is 5.97 Å². The van der Waals surface area contributed by atoms with Gasteiger partial charge < -0.3 is 14.2 Å². The van der Waals surface area contributed by atoms with E-state index >= 15 is 0 Å². The van der Waals surface area contributed by atoms with E-state index in [1.807, 2.05) is 13.0 Å². The molecule has 0 aromatic heterocycles. The van der Waals surface area contributed by atoms with Crippen molar-refractivity contribution in [2.75, 3.05) is 20.8 Å². The number of ether oxygens (including phenoxy) is 3. The lowest BCUT2D eigenvalue weighted by Crippen LogP contribution is -2.43. The summed E-state index contributed by atoms with van der Waals surface area (Å²) in [6.45, 7) is 3.45. The number of para-hydroxylation sites is 1. The summed E-state index contributed by atoms with van der Waals surface area (Å²) in [5, 5.41) is 0. The summed E-state index contributed by atoms with van der Waals surface area (Å²) < 4.78 is 16.2. The van der Waals surface area contributed by atoms with Crippen LogP contribution >= 0.6 is 0 Å². The molecule has 5 nitrogen and oxygen atoms in total. The molecule has 0 aliphatic carbocycles. The van der Waals surface area contributed by atoms with E-state index < -0.39 is 0 Å². The van der Waals surface area contributed by atoms with Crippen LogP contribution < -0.4 is 14.2 Å². The first-order valence-corrected chi connectivity index (χ1v) is 8.37. The predicted octanol–water partition coefficient (Wildman–Crippen LogP) is 3.06. The fraction of sp³-hybridized carbons (Fsp3) is 0.350. The van der Waals surface area contributed by atoms with E-state index in [1.54, 1.807) is 18.2 Å². The molecule has 0 saturated carbocycles. The van der Waals surface area contributed by atoms with Gasteiger partial charge in [0.05, 0.1) is 14.2 Å². The molecule has 0 fully saturated rings. The number of fused-ring (bicyclic) bond motifs is 1. The van der Waals surface area contributed by atoms with E-state index in [4.69, 9.17) is 14.2 Å². The normalized spacial score (nSPS) is 15.2. The van der Waals surface area contributed by atoms with Gasteiger partial charge in [0.25, 0.3) is 0 Å². The van der Waals surface area contributed by atoms with Crippen molar-refractivity contribution in [1.82, 2.24) is 4.90 Å². The smallest absolute Gasteiger partial charge is 0.328 e. The lowest BCUT2D eigenvalue weighted by atomic mass is 9.99. The maximum atomic E-state index is 12.7. The lowest BCUT2D eigenvalue weighted by Gasteiger charge is -2.32. The number of methoxy groups -OCH3 is 2. The van der Waals surface area contributed by atoms with Gasteiger partial charge in [-0.3, -0.25) is 4.90 Å². The van der Waals surface area contributed by atoms with Gasteiger partial charge in [-0.25, -0.2) is 4.79 Å². The van der Waals surface area contributed by atoms with Gasteiger partial charge in [-0.2, -0.15) is 0 Å². The standard InChI is InChI=1S/C20H23NO4/c1-14(21-12-11-15-7-4-5-8-16(15)13-21)20(22)25-19-17(23-2)9-6-10-18(19)24-3/h4-10,14H,11-13H2,1-3H3/t14-/m0/s1. The van der Waals surface area contributed by atoms with Crippen LogP contribution in [-0.2, 0) is 17.8 Å². The highest BCUT2D eigenvalue weighted by molar-refractivity contribution is 5.79. The van der Waals surface area contributed by atoms with Gasteiger partial charge in [0.15, 0.2) is 11.5 Å². The van der Waals surface area contributed by atoms with Gasteiger partial charge in [-0.15, -0.1) is 0 Å². The Kier molecular flexibility index (Phi) is 5.24. The zero-order chi connectivity index (χ0) is 17.8. The van der Waals surface area contributed by atoms with E-state index in [2.05, 4.69) is 23.1 Å². The van der Waals surface area contributed by atoms with Crippen LogP contribution in [0.25, 0.3) is 0 Å². The maximum absolute atomic E-state index is 12.7. The van der Waals surface area contributed by atoms with Crippen molar-refractivity contribution in [2.45, 2.75) is 25.9 Å². The number of benzene rings is 2. The Bertz CT molecular complexity index is 737. The van der Waals surface area contributed by atoms with E-state index in [1.165, 1.54) is 25.3 Å². The third-order valence-corrected chi connectivity index (χ3v) is 4.63. The molecule has 0 amide bonds. The first-order chi connectivity index (χ1) is 12.1. The SMILES string of the molecule is COc1cccc(OC)c1OC(=O)[C@H](C)N1CCc2ccccc2C1. The number of carbonyl (C=O) groups is 1. The van der Waals surface area contributed by atoms with Gasteiger partial charge in [-0.1, -0.05) is 30.3 Å². The molecule has 1 atom stereocenters. The number of hydrogen-bond acceptors (Lipinski definition) is 5. The minimum atomic E-state index is -0.358. The van der Waals surface area contributed by atoms with Crippen LogP contribution in [0.4, 0.5) is 0 Å². The molecule has 0 N–H and O–H groups in total. The van der Waals surface area contributed by atoms with E-state index in [9.17, 15) is 4.79 Å². The molecular formula is C20H23NO4. The molecule has 0 saturated heterocycles. The average molecular weight is 341 g/mol. The molecular weight excluding hydrogens is 318 g/mol. The van der Waals surface area contributed by atoms with Gasteiger partial charge in [-0.05, 0) is 36.6 Å². The quantitative estimate of drug-likeness (QED) is 0.618. The van der Waals surface area contributed by atoms with Crippen LogP contribution in [-0.4, -0.2) is 37.7 Å². The van der Waals surface area contributed by atoms with E-state index in [0.717, 1.165) is 19.5 Å². The summed E-state index contributed by atoms with van der Waals surface area (Å²) in [6.07, 6.45) is 0.936. The van der Waals surface area contributed by atoms with Crippen molar-refractivity contribution in [3.63, 3.8) is 0 Å². The fourth-order valence-corrected chi connectivity index (χ4v) is 3.10. The molecule has 0 bridgehead atoms. The lowest BCUT2D eigenvalue weighted by molar-refractivity contribution is -0.140. The monoisotopic (exact) mass is 341 g/mol. The molecule has 1 aliphatic rings. The molecule has 3 rings (SSSR count). The van der Waals surface area contributed by atoms with Crippen molar-refractivity contribution in [1.29, 1.82) is 0 Å². The van der Waals surface area contributed by atoms with Crippen molar-refractivity contribution in [2.24, 2.45) is 0 Å². The summed E-state index contributed by atoms with van der Waals surface area (Å²) in [5.41, 5.74) is 2.62. The Morgan fingerprint density at radius 2 is 1.64 bits per heavy atom. The number of rotatable bonds is 5. The Balaban J connectivity index is 1.74. The Labute approximate surface area is 148 Å². The highest BCUT2D eigenvalue weighted by atomic mass is 16.6. The number of esters is 1. The second kappa shape index (κ2) is 7.57. The Hall–Kier alpha value is -2.53. The highest BCUT2D eigenvalue weighted by Crippen LogP contribution is 2.37. The zero-order valence-electron chi connectivity index (χ0n) is 14.8. The van der Waals surface area contributed by atoms with Gasteiger partial charge in [0.1, 0.15) is 6.04 Å². The summed E-state index contributed by atoms with van der Waals surface area (Å²) in [7, 11) is 3.08. The number of nitrogens with zero attached hydrogens (tertiary/aromatic N) is 1. The second-order valence-corrected chi connectivity index (χ2v) is 6.08. The summed E-state index contributed by atoms with van der Waals surface area (Å²) in [4.78, 5) is 14.8. The van der Waals surface area contributed by atoms with Crippen LogP contribution in [0.5, 0.6) is 17.2 Å². The van der Waals surface area contributed by atoms with Crippen molar-refractivity contribution in [3.8, 4) is 17.2 Å². The van der Waals surface area contributed by atoms with Crippen molar-refractivity contribution >= 4 is 5.97 Å². The molecule has 1 heterocycles. The first kappa shape index (κ1) is 17.3. The predicted molar refractivity (Wildman–Crippen MR) is 95.2 cm³/mol. The number of hydrogen-bond donors (Lipinski definition) is 0. The third kappa shape index (κ3) is 3.61. The molecule has 2 aromatic rings. The topological polar surface area (TPSA) is 48.0 Å². The third-order valence-electron chi connectivity index (χ3n) is 4.63. The first-order valence-electron chi connectivity index (χ1n) is 8.37. The molecule has 2 aromatic carbocycles.